The molecule has 1 aliphatic heterocycles. The molecule has 6 nitrogen and oxygen atoms in total. The van der Waals surface area contributed by atoms with Gasteiger partial charge in [0, 0.05) is 6.07 Å². The summed E-state index contributed by atoms with van der Waals surface area (Å²) < 4.78 is 26.5. The zero-order chi connectivity index (χ0) is 16.5. The summed E-state index contributed by atoms with van der Waals surface area (Å²) in [6.45, 7) is 2.71. The third-order valence-electron chi connectivity index (χ3n) is 3.56. The Morgan fingerprint density at radius 3 is 2.64 bits per heavy atom. The summed E-state index contributed by atoms with van der Waals surface area (Å²) in [5.41, 5.74) is -1.41. The van der Waals surface area contributed by atoms with E-state index in [0.29, 0.717) is 6.42 Å². The molecule has 0 bridgehead atoms. The van der Waals surface area contributed by atoms with Crippen molar-refractivity contribution in [3.63, 3.8) is 0 Å². The van der Waals surface area contributed by atoms with Crippen LogP contribution in [0.15, 0.2) is 18.2 Å². The Morgan fingerprint density at radius 1 is 1.36 bits per heavy atom. The predicted octanol–water partition coefficient (Wildman–Crippen LogP) is 1.62. The van der Waals surface area contributed by atoms with Gasteiger partial charge in [0.1, 0.15) is 23.7 Å². The quantitative estimate of drug-likeness (QED) is 0.830. The fraction of sp³-hybridized carbons (Fsp3) is 0.357. The lowest BCUT2D eigenvalue weighted by atomic mass is 9.99. The van der Waals surface area contributed by atoms with Gasteiger partial charge < -0.3 is 10.6 Å². The fourth-order valence-corrected chi connectivity index (χ4v) is 2.06. The normalized spacial score (nSPS) is 21.0. The Morgan fingerprint density at radius 2 is 2.05 bits per heavy atom. The molecule has 1 saturated heterocycles. The van der Waals surface area contributed by atoms with Gasteiger partial charge in [-0.15, -0.1) is 0 Å². The molecule has 1 aromatic carbocycles. The van der Waals surface area contributed by atoms with Crippen LogP contribution in [0.2, 0.25) is 0 Å². The van der Waals surface area contributed by atoms with Gasteiger partial charge in [0.05, 0.1) is 5.69 Å². The van der Waals surface area contributed by atoms with E-state index in [1.807, 2.05) is 0 Å². The maximum atomic E-state index is 13.4. The lowest BCUT2D eigenvalue weighted by molar-refractivity contribution is -0.133. The van der Waals surface area contributed by atoms with E-state index in [1.165, 1.54) is 0 Å². The van der Waals surface area contributed by atoms with Crippen LogP contribution in [0.25, 0.3) is 0 Å². The first kappa shape index (κ1) is 15.9. The minimum absolute atomic E-state index is 0.352. The SMILES string of the molecule is CC[C@@]1(C)NC(=O)N(CC(=O)Nc2cc(F)ccc2F)C1=O. The van der Waals surface area contributed by atoms with Crippen molar-refractivity contribution in [3.8, 4) is 0 Å². The van der Waals surface area contributed by atoms with Gasteiger partial charge in [0.15, 0.2) is 0 Å². The van der Waals surface area contributed by atoms with Crippen molar-refractivity contribution in [2.45, 2.75) is 25.8 Å². The van der Waals surface area contributed by atoms with Crippen LogP contribution < -0.4 is 10.6 Å². The van der Waals surface area contributed by atoms with Crippen molar-refractivity contribution in [1.82, 2.24) is 10.2 Å². The number of carbonyl (C=O) groups excluding carboxylic acids is 3. The van der Waals surface area contributed by atoms with Crippen molar-refractivity contribution >= 4 is 23.5 Å². The van der Waals surface area contributed by atoms with Gasteiger partial charge in [0.2, 0.25) is 5.91 Å². The highest BCUT2D eigenvalue weighted by Crippen LogP contribution is 2.21. The summed E-state index contributed by atoms with van der Waals surface area (Å²) in [4.78, 5) is 36.4. The second-order valence-electron chi connectivity index (χ2n) is 5.18. The van der Waals surface area contributed by atoms with E-state index in [2.05, 4.69) is 10.6 Å². The Labute approximate surface area is 125 Å². The van der Waals surface area contributed by atoms with Gasteiger partial charge in [-0.3, -0.25) is 14.5 Å². The molecule has 0 aromatic heterocycles. The van der Waals surface area contributed by atoms with Gasteiger partial charge in [-0.2, -0.15) is 0 Å². The highest BCUT2D eigenvalue weighted by atomic mass is 19.1. The molecule has 4 amide bonds. The molecule has 0 aliphatic carbocycles. The summed E-state index contributed by atoms with van der Waals surface area (Å²) in [5.74, 6) is -2.86. The number of benzene rings is 1. The third-order valence-corrected chi connectivity index (χ3v) is 3.56. The van der Waals surface area contributed by atoms with E-state index >= 15 is 0 Å². The lowest BCUT2D eigenvalue weighted by Crippen LogP contribution is -2.44. The number of urea groups is 1. The van der Waals surface area contributed by atoms with E-state index in [0.717, 1.165) is 23.1 Å². The van der Waals surface area contributed by atoms with Crippen LogP contribution in [0.5, 0.6) is 0 Å². The van der Waals surface area contributed by atoms with Crippen molar-refractivity contribution in [2.24, 2.45) is 0 Å². The first-order chi connectivity index (χ1) is 10.3. The van der Waals surface area contributed by atoms with Gasteiger partial charge in [0.25, 0.3) is 5.91 Å². The molecule has 118 valence electrons. The van der Waals surface area contributed by atoms with Gasteiger partial charge in [-0.1, -0.05) is 6.92 Å². The first-order valence-electron chi connectivity index (χ1n) is 6.66. The number of hydrogen-bond donors (Lipinski definition) is 2. The second-order valence-corrected chi connectivity index (χ2v) is 5.18. The highest BCUT2D eigenvalue weighted by molar-refractivity contribution is 6.09. The molecule has 8 heteroatoms. The van der Waals surface area contributed by atoms with Gasteiger partial charge in [-0.25, -0.2) is 13.6 Å². The van der Waals surface area contributed by atoms with Crippen LogP contribution in [-0.2, 0) is 9.59 Å². The van der Waals surface area contributed by atoms with Crippen molar-refractivity contribution in [1.29, 1.82) is 0 Å². The van der Waals surface area contributed by atoms with Crippen LogP contribution in [0, 0.1) is 11.6 Å². The van der Waals surface area contributed by atoms with Crippen LogP contribution >= 0.6 is 0 Å². The predicted molar refractivity (Wildman–Crippen MR) is 73.9 cm³/mol. The van der Waals surface area contributed by atoms with Crippen LogP contribution in [-0.4, -0.2) is 34.8 Å². The molecule has 0 spiro atoms. The van der Waals surface area contributed by atoms with E-state index in [9.17, 15) is 23.2 Å². The van der Waals surface area contributed by atoms with E-state index in [1.54, 1.807) is 13.8 Å². The Hall–Kier alpha value is -2.51. The molecule has 1 aliphatic rings. The molecule has 1 aromatic rings. The Bertz CT molecular complexity index is 650. The summed E-state index contributed by atoms with van der Waals surface area (Å²) in [7, 11) is 0. The minimum atomic E-state index is -1.05. The number of hydrogen-bond acceptors (Lipinski definition) is 3. The largest absolute Gasteiger partial charge is 0.325 e. The molecule has 0 saturated carbocycles. The van der Waals surface area contributed by atoms with Crippen LogP contribution in [0.4, 0.5) is 19.3 Å². The highest BCUT2D eigenvalue weighted by Gasteiger charge is 2.46. The third kappa shape index (κ3) is 2.90. The number of nitrogens with one attached hydrogen (secondary N) is 2. The van der Waals surface area contributed by atoms with E-state index in [-0.39, 0.29) is 5.69 Å². The summed E-state index contributed by atoms with van der Waals surface area (Å²) in [5, 5.41) is 4.63. The standard InChI is InChI=1S/C14H15F2N3O3/c1-3-14(2)12(21)19(13(22)18-14)7-11(20)17-10-6-8(15)4-5-9(10)16/h4-6H,3,7H2,1-2H3,(H,17,20)(H,18,22)/t14-/m1/s1. The minimum Gasteiger partial charge on any atom is -0.323 e. The number of halogens is 2. The monoisotopic (exact) mass is 311 g/mol. The average molecular weight is 311 g/mol. The first-order valence-corrected chi connectivity index (χ1v) is 6.66. The lowest BCUT2D eigenvalue weighted by Gasteiger charge is -2.19. The smallest absolute Gasteiger partial charge is 0.323 e. The van der Waals surface area contributed by atoms with Crippen LogP contribution in [0.1, 0.15) is 20.3 Å². The molecular formula is C14H15F2N3O3. The molecule has 1 heterocycles. The van der Waals surface area contributed by atoms with Gasteiger partial charge in [-0.05, 0) is 25.5 Å². The van der Waals surface area contributed by atoms with E-state index in [4.69, 9.17) is 0 Å². The molecule has 22 heavy (non-hydrogen) atoms. The van der Waals surface area contributed by atoms with Crippen molar-refractivity contribution in [2.75, 3.05) is 11.9 Å². The molecule has 2 N–H and O–H groups in total. The van der Waals surface area contributed by atoms with Crippen molar-refractivity contribution < 1.29 is 23.2 Å². The molecule has 0 unspecified atom stereocenters. The summed E-state index contributed by atoms with van der Waals surface area (Å²) in [6, 6.07) is 1.90. The zero-order valence-electron chi connectivity index (χ0n) is 12.1. The summed E-state index contributed by atoms with van der Waals surface area (Å²) in [6.07, 6.45) is 0.369. The average Bonchev–Trinajstić information content (AvgIpc) is 2.67. The number of carbonyl (C=O) groups is 3. The van der Waals surface area contributed by atoms with E-state index < -0.39 is 41.6 Å². The fourth-order valence-electron chi connectivity index (χ4n) is 2.06. The Kier molecular flexibility index (Phi) is 4.11. The molecule has 2 rings (SSSR count). The van der Waals surface area contributed by atoms with Gasteiger partial charge >= 0.3 is 6.03 Å². The van der Waals surface area contributed by atoms with Crippen LogP contribution in [0.3, 0.4) is 0 Å². The number of amides is 4. The maximum Gasteiger partial charge on any atom is 0.325 e. The second kappa shape index (κ2) is 5.70. The maximum absolute atomic E-state index is 13.4. The number of nitrogens with zero attached hydrogens (tertiary/aromatic N) is 1. The molecule has 0 radical (unpaired) electrons. The number of rotatable bonds is 4. The molecule has 1 fully saturated rings. The molecule has 1 atom stereocenters. The van der Waals surface area contributed by atoms with Crippen molar-refractivity contribution in [3.05, 3.63) is 29.8 Å². The summed E-state index contributed by atoms with van der Waals surface area (Å²) >= 11 is 0. The number of anilines is 1. The topological polar surface area (TPSA) is 78.5 Å². The zero-order valence-corrected chi connectivity index (χ0v) is 12.1. The molecular weight excluding hydrogens is 296 g/mol. The number of imide groups is 1. The Balaban J connectivity index is 2.08.